The van der Waals surface area contributed by atoms with Gasteiger partial charge in [-0.2, -0.15) is 0 Å². The van der Waals surface area contributed by atoms with Crippen LogP contribution in [0.4, 0.5) is 0 Å². The summed E-state index contributed by atoms with van der Waals surface area (Å²) in [6.45, 7) is 13.5. The van der Waals surface area contributed by atoms with Crippen molar-refractivity contribution in [3.05, 3.63) is 7.43 Å². The van der Waals surface area contributed by atoms with E-state index in [1.165, 1.54) is 116 Å². The third-order valence-electron chi connectivity index (χ3n) is 4.37. The average Bonchev–Trinajstić information content (AvgIpc) is 2.67. The summed E-state index contributed by atoms with van der Waals surface area (Å²) >= 11 is -3.94. The fraction of sp³-hybridized carbons (Fsp3) is 0.960. The molecule has 4 nitrogen and oxygen atoms in total. The molecule has 0 bridgehead atoms. The maximum absolute atomic E-state index is 8.56. The van der Waals surface area contributed by atoms with Crippen LogP contribution in [0.1, 0.15) is 157 Å². The van der Waals surface area contributed by atoms with E-state index in [9.17, 15) is 0 Å². The van der Waals surface area contributed by atoms with Gasteiger partial charge in [-0.15, -0.1) is 0 Å². The molecule has 5 heteroatoms. The van der Waals surface area contributed by atoms with Gasteiger partial charge in [0, 0.05) is 0 Å². The maximum atomic E-state index is 8.56. The Kier molecular flexibility index (Phi) is 75.5. The Hall–Kier alpha value is 0.104. The molecule has 190 valence electrons. The SMILES string of the molecule is CCCCCCCC.CCCCCCCC.CCCCCCCC.[CH3-].[NH4+].[O]=[V](=[O])[O-]. The van der Waals surface area contributed by atoms with E-state index in [-0.39, 0.29) is 13.6 Å². The molecule has 0 aromatic heterocycles. The standard InChI is InChI=1S/3C8H18.CH3.H3N.3O.V/c3*1-3-5-7-8-6-4-2;;;;;;/h3*3-8H2,1-2H3;2*1H3;;;;/q;;;-1;;;;-1;/p+1. The normalized spacial score (nSPS) is 8.63. The van der Waals surface area contributed by atoms with Crippen LogP contribution < -0.4 is 10.2 Å². The van der Waals surface area contributed by atoms with Crippen molar-refractivity contribution in [1.29, 1.82) is 0 Å². The number of unbranched alkanes of at least 4 members (excludes halogenated alkanes) is 15. The van der Waals surface area contributed by atoms with Crippen molar-refractivity contribution in [1.82, 2.24) is 6.15 Å². The molecular weight excluding hydrogens is 413 g/mol. The molecular formula is C25H61NO3V-. The summed E-state index contributed by atoms with van der Waals surface area (Å²) in [4.78, 5) is 0. The molecule has 0 saturated carbocycles. The van der Waals surface area contributed by atoms with Crippen molar-refractivity contribution in [2.24, 2.45) is 0 Å². The van der Waals surface area contributed by atoms with E-state index in [1.807, 2.05) is 0 Å². The molecule has 0 rings (SSSR count). The van der Waals surface area contributed by atoms with Gasteiger partial charge in [-0.25, -0.2) is 0 Å². The zero-order valence-electron chi connectivity index (χ0n) is 22.4. The first-order chi connectivity index (χ1) is 13.5. The van der Waals surface area contributed by atoms with Crippen LogP contribution in [-0.2, 0) is 22.7 Å². The molecule has 0 amide bonds. The summed E-state index contributed by atoms with van der Waals surface area (Å²) < 4.78 is 25.7. The van der Waals surface area contributed by atoms with E-state index in [1.54, 1.807) is 0 Å². The summed E-state index contributed by atoms with van der Waals surface area (Å²) in [5.74, 6) is 0. The van der Waals surface area contributed by atoms with Crippen molar-refractivity contribution in [3.8, 4) is 0 Å². The summed E-state index contributed by atoms with van der Waals surface area (Å²) in [6.07, 6.45) is 25.5. The van der Waals surface area contributed by atoms with E-state index in [4.69, 9.17) is 11.4 Å². The van der Waals surface area contributed by atoms with Crippen LogP contribution in [-0.4, -0.2) is 0 Å². The van der Waals surface area contributed by atoms with Gasteiger partial charge < -0.3 is 13.6 Å². The van der Waals surface area contributed by atoms with Crippen LogP contribution >= 0.6 is 0 Å². The van der Waals surface area contributed by atoms with Crippen LogP contribution in [0, 0.1) is 7.43 Å². The monoisotopic (exact) mass is 474 g/mol. The van der Waals surface area contributed by atoms with Gasteiger partial charge in [-0.1, -0.05) is 157 Å². The number of quaternary nitrogens is 1. The van der Waals surface area contributed by atoms with Crippen molar-refractivity contribution < 1.29 is 26.8 Å². The van der Waals surface area contributed by atoms with Crippen LogP contribution in [0.25, 0.3) is 0 Å². The Morgan fingerprint density at radius 3 is 0.600 bits per heavy atom. The van der Waals surface area contributed by atoms with Crippen molar-refractivity contribution in [3.63, 3.8) is 0 Å². The van der Waals surface area contributed by atoms with Crippen molar-refractivity contribution >= 4 is 0 Å². The Morgan fingerprint density at radius 2 is 0.533 bits per heavy atom. The summed E-state index contributed by atoms with van der Waals surface area (Å²) in [7, 11) is 0. The van der Waals surface area contributed by atoms with Crippen LogP contribution in [0.2, 0.25) is 0 Å². The van der Waals surface area contributed by atoms with E-state index in [2.05, 4.69) is 41.5 Å². The molecule has 0 fully saturated rings. The topological polar surface area (TPSA) is 93.7 Å². The molecule has 0 aliphatic rings. The third kappa shape index (κ3) is 90.5. The first kappa shape index (κ1) is 43.9. The van der Waals surface area contributed by atoms with Crippen molar-refractivity contribution in [2.75, 3.05) is 0 Å². The first-order valence-electron chi connectivity index (χ1n) is 12.3. The minimum absolute atomic E-state index is 0. The Morgan fingerprint density at radius 1 is 0.433 bits per heavy atom. The van der Waals surface area contributed by atoms with E-state index < -0.39 is 15.4 Å². The second kappa shape index (κ2) is 51.6. The first-order valence-corrected chi connectivity index (χ1v) is 14.0. The predicted molar refractivity (Wildman–Crippen MR) is 131 cm³/mol. The minimum atomic E-state index is -3.94. The molecule has 0 aromatic carbocycles. The molecule has 0 atom stereocenters. The zero-order chi connectivity index (χ0) is 22.3. The molecule has 0 radical (unpaired) electrons. The van der Waals surface area contributed by atoms with Crippen LogP contribution in [0.5, 0.6) is 0 Å². The number of rotatable bonds is 15. The molecule has 0 saturated heterocycles. The molecule has 0 unspecified atom stereocenters. The molecule has 30 heavy (non-hydrogen) atoms. The molecule has 0 heterocycles. The quantitative estimate of drug-likeness (QED) is 0.189. The fourth-order valence-corrected chi connectivity index (χ4v) is 2.56. The van der Waals surface area contributed by atoms with Gasteiger partial charge in [0.05, 0.1) is 0 Å². The Balaban J connectivity index is -0.0000000642. The predicted octanol–water partition coefficient (Wildman–Crippen LogP) is 9.50. The van der Waals surface area contributed by atoms with Gasteiger partial charge >= 0.3 is 26.8 Å². The zero-order valence-corrected chi connectivity index (χ0v) is 23.8. The van der Waals surface area contributed by atoms with Crippen LogP contribution in [0.3, 0.4) is 0 Å². The van der Waals surface area contributed by atoms with E-state index in [0.29, 0.717) is 0 Å². The summed E-state index contributed by atoms with van der Waals surface area (Å²) in [5, 5.41) is 0. The average molecular weight is 475 g/mol. The van der Waals surface area contributed by atoms with Gasteiger partial charge in [-0.05, 0) is 0 Å². The van der Waals surface area contributed by atoms with Gasteiger partial charge in [0.2, 0.25) is 0 Å². The number of hydrogen-bond acceptors (Lipinski definition) is 3. The fourth-order valence-electron chi connectivity index (χ4n) is 2.56. The second-order valence-electron chi connectivity index (χ2n) is 7.47. The van der Waals surface area contributed by atoms with Gasteiger partial charge in [0.25, 0.3) is 0 Å². The molecule has 0 aliphatic carbocycles. The van der Waals surface area contributed by atoms with Gasteiger partial charge in [-0.3, -0.25) is 0 Å². The van der Waals surface area contributed by atoms with Crippen LogP contribution in [0.15, 0.2) is 0 Å². The molecule has 4 N–H and O–H groups in total. The summed E-state index contributed by atoms with van der Waals surface area (Å²) in [5.41, 5.74) is 0. The molecule has 0 aromatic rings. The third-order valence-corrected chi connectivity index (χ3v) is 4.37. The Bertz CT molecular complexity index is 231. The Labute approximate surface area is 197 Å². The second-order valence-corrected chi connectivity index (χ2v) is 8.16. The van der Waals surface area contributed by atoms with Gasteiger partial charge in [0.15, 0.2) is 0 Å². The summed E-state index contributed by atoms with van der Waals surface area (Å²) in [6, 6.07) is 0. The molecule has 0 aliphatic heterocycles. The molecule has 0 spiro atoms. The van der Waals surface area contributed by atoms with Gasteiger partial charge in [0.1, 0.15) is 0 Å². The van der Waals surface area contributed by atoms with E-state index >= 15 is 0 Å². The van der Waals surface area contributed by atoms with E-state index in [0.717, 1.165) is 0 Å². The van der Waals surface area contributed by atoms with Crippen molar-refractivity contribution in [2.45, 2.75) is 157 Å². The number of hydrogen-bond donors (Lipinski definition) is 1.